The van der Waals surface area contributed by atoms with Crippen molar-refractivity contribution < 1.29 is 26.3 Å². The van der Waals surface area contributed by atoms with E-state index >= 15 is 0 Å². The lowest BCUT2D eigenvalue weighted by Crippen LogP contribution is -2.25. The normalized spacial score (nSPS) is 11.9. The maximum Gasteiger partial charge on any atom is 0.418 e. The number of anilines is 2. The largest absolute Gasteiger partial charge is 0.480 e. The van der Waals surface area contributed by atoms with Gasteiger partial charge in [-0.05, 0) is 60.2 Å². The lowest BCUT2D eigenvalue weighted by Gasteiger charge is -2.16. The summed E-state index contributed by atoms with van der Waals surface area (Å²) in [6.45, 7) is 0. The highest BCUT2D eigenvalue weighted by Crippen LogP contribution is 2.35. The Hall–Kier alpha value is -4.62. The van der Waals surface area contributed by atoms with Crippen molar-refractivity contribution in [2.75, 3.05) is 17.6 Å². The van der Waals surface area contributed by atoms with Gasteiger partial charge in [-0.25, -0.2) is 23.0 Å². The molecule has 2 aromatic heterocycles. The third-order valence-electron chi connectivity index (χ3n) is 6.08. The minimum absolute atomic E-state index is 0.0480. The van der Waals surface area contributed by atoms with Crippen LogP contribution in [0.2, 0.25) is 5.02 Å². The molecule has 0 unspecified atom stereocenters. The second-order valence-electron chi connectivity index (χ2n) is 8.70. The van der Waals surface area contributed by atoms with E-state index in [1.165, 1.54) is 67.9 Å². The predicted molar refractivity (Wildman–Crippen MR) is 149 cm³/mol. The summed E-state index contributed by atoms with van der Waals surface area (Å²) in [6, 6.07) is 16.2. The van der Waals surface area contributed by atoms with Crippen LogP contribution in [0, 0.1) is 0 Å². The van der Waals surface area contributed by atoms with Gasteiger partial charge in [0.1, 0.15) is 4.90 Å². The molecule has 0 amide bonds. The van der Waals surface area contributed by atoms with E-state index in [4.69, 9.17) is 22.1 Å². The first-order chi connectivity index (χ1) is 19.4. The first-order valence-corrected chi connectivity index (χ1v) is 13.6. The highest BCUT2D eigenvalue weighted by atomic mass is 35.5. The molecule has 0 spiro atoms. The number of aromatic nitrogens is 3. The molecule has 0 aliphatic carbocycles. The molecule has 210 valence electrons. The number of nitrogens with one attached hydrogen (secondary N) is 1. The minimum Gasteiger partial charge on any atom is -0.480 e. The summed E-state index contributed by atoms with van der Waals surface area (Å²) >= 11 is 5.88. The Morgan fingerprint density at radius 2 is 1.71 bits per heavy atom. The molecule has 0 fully saturated rings. The van der Waals surface area contributed by atoms with E-state index in [9.17, 15) is 26.4 Å². The number of rotatable bonds is 6. The fourth-order valence-electron chi connectivity index (χ4n) is 4.19. The zero-order valence-corrected chi connectivity index (χ0v) is 22.6. The lowest BCUT2D eigenvalue weighted by atomic mass is 10.1. The van der Waals surface area contributed by atoms with Crippen LogP contribution >= 0.6 is 11.6 Å². The lowest BCUT2D eigenvalue weighted by molar-refractivity contribution is -0.137. The van der Waals surface area contributed by atoms with Crippen LogP contribution in [0.25, 0.3) is 27.7 Å². The highest BCUT2D eigenvalue weighted by molar-refractivity contribution is 7.92. The zero-order valence-electron chi connectivity index (χ0n) is 21.0. The zero-order chi connectivity index (χ0) is 29.5. The molecule has 0 bridgehead atoms. The molecular formula is C27H19ClF3N5O4S. The van der Waals surface area contributed by atoms with Crippen molar-refractivity contribution in [3.05, 3.63) is 99.9 Å². The standard InChI is InChI=1S/C27H19ClF3N5O4S/c1-40-24-23(41(38,39)35-18-9-7-17(28)8-10-18)13-16(14-33-24)15-6-11-21-19(12-15)25(37)36(26(32)34-21)22-5-3-2-4-20(22)27(29,30)31/h2-14,35H,1H3,(H2,32,34). The summed E-state index contributed by atoms with van der Waals surface area (Å²) in [6.07, 6.45) is -3.42. The van der Waals surface area contributed by atoms with Gasteiger partial charge in [0.2, 0.25) is 11.8 Å². The number of nitrogen functional groups attached to an aromatic ring is 1. The van der Waals surface area contributed by atoms with Gasteiger partial charge in [0, 0.05) is 22.5 Å². The second-order valence-corrected chi connectivity index (χ2v) is 10.8. The number of hydrogen-bond donors (Lipinski definition) is 2. The van der Waals surface area contributed by atoms with E-state index < -0.39 is 39.0 Å². The van der Waals surface area contributed by atoms with Gasteiger partial charge in [-0.2, -0.15) is 13.2 Å². The Labute approximate surface area is 236 Å². The van der Waals surface area contributed by atoms with Crippen LogP contribution in [0.4, 0.5) is 24.8 Å². The Balaban J connectivity index is 1.64. The summed E-state index contributed by atoms with van der Waals surface area (Å²) < 4.78 is 75.8. The molecule has 3 aromatic carbocycles. The topological polar surface area (TPSA) is 129 Å². The van der Waals surface area contributed by atoms with Gasteiger partial charge in [-0.15, -0.1) is 0 Å². The average Bonchev–Trinajstić information content (AvgIpc) is 2.93. The van der Waals surface area contributed by atoms with Crippen molar-refractivity contribution in [1.82, 2.24) is 14.5 Å². The number of para-hydroxylation sites is 1. The molecule has 3 N–H and O–H groups in total. The number of methoxy groups -OCH3 is 1. The van der Waals surface area contributed by atoms with E-state index in [1.54, 1.807) is 6.07 Å². The van der Waals surface area contributed by atoms with Gasteiger partial charge in [0.25, 0.3) is 15.6 Å². The molecule has 14 heteroatoms. The molecule has 2 heterocycles. The molecule has 41 heavy (non-hydrogen) atoms. The van der Waals surface area contributed by atoms with Crippen molar-refractivity contribution in [1.29, 1.82) is 0 Å². The number of nitrogens with two attached hydrogens (primary N) is 1. The first kappa shape index (κ1) is 27.9. The van der Waals surface area contributed by atoms with Crippen LogP contribution in [-0.2, 0) is 16.2 Å². The molecule has 9 nitrogen and oxygen atoms in total. The third kappa shape index (κ3) is 5.41. The number of hydrogen-bond acceptors (Lipinski definition) is 7. The number of halogens is 4. The Morgan fingerprint density at radius 1 is 1.00 bits per heavy atom. The van der Waals surface area contributed by atoms with Crippen LogP contribution in [0.3, 0.4) is 0 Å². The molecule has 5 rings (SSSR count). The monoisotopic (exact) mass is 601 g/mol. The molecule has 0 saturated heterocycles. The van der Waals surface area contributed by atoms with Crippen molar-refractivity contribution in [3.8, 4) is 22.7 Å². The molecule has 0 radical (unpaired) electrons. The minimum atomic E-state index is -4.75. The van der Waals surface area contributed by atoms with E-state index in [2.05, 4.69) is 14.7 Å². The Morgan fingerprint density at radius 3 is 2.39 bits per heavy atom. The molecule has 0 aliphatic heterocycles. The number of sulfonamides is 1. The summed E-state index contributed by atoms with van der Waals surface area (Å²) in [5.41, 5.74) is 4.55. The fraction of sp³-hybridized carbons (Fsp3) is 0.0741. The van der Waals surface area contributed by atoms with Gasteiger partial charge in [-0.1, -0.05) is 29.8 Å². The van der Waals surface area contributed by atoms with E-state index in [-0.39, 0.29) is 32.9 Å². The number of fused-ring (bicyclic) bond motifs is 1. The average molecular weight is 602 g/mol. The van der Waals surface area contributed by atoms with Crippen LogP contribution in [0.15, 0.2) is 88.7 Å². The molecule has 0 atom stereocenters. The van der Waals surface area contributed by atoms with Gasteiger partial charge in [0.15, 0.2) is 0 Å². The van der Waals surface area contributed by atoms with Crippen LogP contribution in [0.5, 0.6) is 5.88 Å². The fourth-order valence-corrected chi connectivity index (χ4v) is 5.52. The van der Waals surface area contributed by atoms with E-state index in [0.29, 0.717) is 15.2 Å². The quantitative estimate of drug-likeness (QED) is 0.262. The Kier molecular flexibility index (Phi) is 7.09. The molecule has 0 saturated carbocycles. The molecule has 5 aromatic rings. The van der Waals surface area contributed by atoms with Gasteiger partial charge < -0.3 is 10.5 Å². The van der Waals surface area contributed by atoms with Crippen molar-refractivity contribution in [2.24, 2.45) is 0 Å². The maximum absolute atomic E-state index is 13.7. The van der Waals surface area contributed by atoms with Gasteiger partial charge >= 0.3 is 6.18 Å². The summed E-state index contributed by atoms with van der Waals surface area (Å²) in [7, 11) is -2.94. The molecular weight excluding hydrogens is 583 g/mol. The third-order valence-corrected chi connectivity index (χ3v) is 7.70. The number of pyridine rings is 1. The summed E-state index contributed by atoms with van der Waals surface area (Å²) in [5.74, 6) is -0.615. The van der Waals surface area contributed by atoms with E-state index in [1.807, 2.05) is 0 Å². The molecule has 0 aliphatic rings. The summed E-state index contributed by atoms with van der Waals surface area (Å²) in [4.78, 5) is 21.4. The van der Waals surface area contributed by atoms with Crippen LogP contribution in [0.1, 0.15) is 5.56 Å². The van der Waals surface area contributed by atoms with E-state index in [0.717, 1.165) is 12.1 Å². The van der Waals surface area contributed by atoms with Gasteiger partial charge in [0.05, 0.1) is 29.3 Å². The predicted octanol–water partition coefficient (Wildman–Crippen LogP) is 5.51. The smallest absolute Gasteiger partial charge is 0.418 e. The van der Waals surface area contributed by atoms with Gasteiger partial charge in [-0.3, -0.25) is 9.52 Å². The second kappa shape index (κ2) is 10.4. The highest BCUT2D eigenvalue weighted by Gasteiger charge is 2.34. The number of ether oxygens (including phenoxy) is 1. The van der Waals surface area contributed by atoms with Crippen molar-refractivity contribution in [2.45, 2.75) is 11.1 Å². The summed E-state index contributed by atoms with van der Waals surface area (Å²) in [5, 5.41) is 0.371. The maximum atomic E-state index is 13.7. The first-order valence-electron chi connectivity index (χ1n) is 11.7. The number of benzene rings is 3. The SMILES string of the molecule is COc1ncc(-c2ccc3nc(N)n(-c4ccccc4C(F)(F)F)c(=O)c3c2)cc1S(=O)(=O)Nc1ccc(Cl)cc1. The van der Waals surface area contributed by atoms with Crippen molar-refractivity contribution in [3.63, 3.8) is 0 Å². The number of nitrogens with zero attached hydrogens (tertiary/aromatic N) is 3. The van der Waals surface area contributed by atoms with Crippen LogP contribution in [-0.4, -0.2) is 30.1 Å². The van der Waals surface area contributed by atoms with Crippen LogP contribution < -0.4 is 20.8 Å². The Bertz CT molecular complexity index is 1960. The number of alkyl halides is 3. The van der Waals surface area contributed by atoms with Crippen molar-refractivity contribution >= 4 is 44.2 Å².